The van der Waals surface area contributed by atoms with E-state index in [9.17, 15) is 18.0 Å². The molecule has 132 valence electrons. The largest absolute Gasteiger partial charge is 0.417 e. The van der Waals surface area contributed by atoms with Gasteiger partial charge in [-0.1, -0.05) is 72.0 Å². The molecule has 0 radical (unpaired) electrons. The molecular weight excluding hydrogens is 363 g/mol. The summed E-state index contributed by atoms with van der Waals surface area (Å²) in [5.41, 5.74) is -0.304. The van der Waals surface area contributed by atoms with E-state index in [2.05, 4.69) is 15.5 Å². The van der Waals surface area contributed by atoms with E-state index >= 15 is 0 Å². The molecule has 3 aromatic rings. The Labute approximate surface area is 151 Å². The predicted molar refractivity (Wildman–Crippen MR) is 94.4 cm³/mol. The molecular formula is C18H12F3N3OS. The van der Waals surface area contributed by atoms with Crippen LogP contribution in [0.5, 0.6) is 0 Å². The van der Waals surface area contributed by atoms with E-state index in [1.807, 2.05) is 30.3 Å². The molecule has 26 heavy (non-hydrogen) atoms. The fraction of sp³-hybridized carbons (Fsp3) is 0.0556. The van der Waals surface area contributed by atoms with Gasteiger partial charge in [-0.15, -0.1) is 10.2 Å². The van der Waals surface area contributed by atoms with Gasteiger partial charge in [0.2, 0.25) is 5.13 Å². The van der Waals surface area contributed by atoms with Crippen LogP contribution in [0.4, 0.5) is 18.3 Å². The fourth-order valence-corrected chi connectivity index (χ4v) is 2.94. The molecule has 2 aromatic carbocycles. The van der Waals surface area contributed by atoms with Crippen molar-refractivity contribution in [3.8, 4) is 10.6 Å². The Bertz CT molecular complexity index is 922. The van der Waals surface area contributed by atoms with Crippen molar-refractivity contribution in [2.75, 3.05) is 5.32 Å². The van der Waals surface area contributed by atoms with Gasteiger partial charge in [-0.3, -0.25) is 10.1 Å². The average molecular weight is 375 g/mol. The highest BCUT2D eigenvalue weighted by molar-refractivity contribution is 7.18. The molecule has 1 heterocycles. The summed E-state index contributed by atoms with van der Waals surface area (Å²) in [4.78, 5) is 12.0. The van der Waals surface area contributed by atoms with Crippen LogP contribution in [0.2, 0.25) is 0 Å². The lowest BCUT2D eigenvalue weighted by atomic mass is 10.1. The number of hydrogen-bond acceptors (Lipinski definition) is 4. The zero-order chi connectivity index (χ0) is 18.6. The summed E-state index contributed by atoms with van der Waals surface area (Å²) < 4.78 is 39.8. The minimum absolute atomic E-state index is 0.0858. The highest BCUT2D eigenvalue weighted by Gasteiger charge is 2.35. The molecule has 0 aliphatic heterocycles. The number of rotatable bonds is 4. The first-order valence-electron chi connectivity index (χ1n) is 7.48. The Hall–Kier alpha value is -3.00. The minimum atomic E-state index is -4.66. The number of hydrogen-bond donors (Lipinski definition) is 1. The number of carbonyl (C=O) groups excluding carboxylic acids is 1. The van der Waals surface area contributed by atoms with E-state index in [-0.39, 0.29) is 10.7 Å². The Morgan fingerprint density at radius 1 is 0.962 bits per heavy atom. The Morgan fingerprint density at radius 2 is 1.58 bits per heavy atom. The summed E-state index contributed by atoms with van der Waals surface area (Å²) in [6, 6.07) is 16.3. The number of benzene rings is 2. The maximum atomic E-state index is 13.3. The van der Waals surface area contributed by atoms with Gasteiger partial charge in [0, 0.05) is 11.6 Å². The number of amides is 1. The predicted octanol–water partition coefficient (Wildman–Crippen LogP) is 4.79. The van der Waals surface area contributed by atoms with Crippen molar-refractivity contribution < 1.29 is 18.0 Å². The summed E-state index contributed by atoms with van der Waals surface area (Å²) >= 11 is 1.08. The minimum Gasteiger partial charge on any atom is -0.297 e. The van der Waals surface area contributed by atoms with Crippen molar-refractivity contribution in [2.24, 2.45) is 0 Å². The molecule has 0 saturated heterocycles. The number of alkyl halides is 3. The molecule has 0 bridgehead atoms. The summed E-state index contributed by atoms with van der Waals surface area (Å²) in [6.07, 6.45) is -4.13. The Kier molecular flexibility index (Phi) is 5.13. The van der Waals surface area contributed by atoms with Crippen molar-refractivity contribution in [1.82, 2.24) is 10.2 Å². The van der Waals surface area contributed by atoms with Crippen LogP contribution in [0.15, 0.2) is 66.7 Å². The van der Waals surface area contributed by atoms with Gasteiger partial charge in [-0.25, -0.2) is 0 Å². The number of aromatic nitrogens is 2. The van der Waals surface area contributed by atoms with Crippen LogP contribution in [0, 0.1) is 0 Å². The lowest BCUT2D eigenvalue weighted by molar-refractivity contribution is -0.112. The highest BCUT2D eigenvalue weighted by Crippen LogP contribution is 2.34. The van der Waals surface area contributed by atoms with E-state index in [1.54, 1.807) is 6.07 Å². The van der Waals surface area contributed by atoms with E-state index in [4.69, 9.17) is 0 Å². The summed E-state index contributed by atoms with van der Waals surface area (Å²) in [5, 5.41) is 10.8. The van der Waals surface area contributed by atoms with Gasteiger partial charge in [0.05, 0.1) is 5.57 Å². The standard InChI is InChI=1S/C18H12F3N3OS/c19-18(20,21)14(12-7-3-1-4-8-12)11-15(25)22-17-24-23-16(26-17)13-9-5-2-6-10-13/h1-11H,(H,22,24,25)/b14-11+. The molecule has 8 heteroatoms. The third kappa shape index (κ3) is 4.34. The van der Waals surface area contributed by atoms with Crippen molar-refractivity contribution in [2.45, 2.75) is 6.18 Å². The number of nitrogens with one attached hydrogen (secondary N) is 1. The van der Waals surface area contributed by atoms with Crippen LogP contribution >= 0.6 is 11.3 Å². The quantitative estimate of drug-likeness (QED) is 0.667. The van der Waals surface area contributed by atoms with E-state index in [0.717, 1.165) is 16.9 Å². The van der Waals surface area contributed by atoms with Gasteiger partial charge in [0.25, 0.3) is 5.91 Å². The maximum Gasteiger partial charge on any atom is 0.417 e. The monoisotopic (exact) mass is 375 g/mol. The lowest BCUT2D eigenvalue weighted by Gasteiger charge is -2.11. The SMILES string of the molecule is O=C(/C=C(\c1ccccc1)C(F)(F)F)Nc1nnc(-c2ccccc2)s1. The molecule has 0 spiro atoms. The zero-order valence-electron chi connectivity index (χ0n) is 13.2. The third-order valence-electron chi connectivity index (χ3n) is 3.34. The molecule has 0 aliphatic carbocycles. The van der Waals surface area contributed by atoms with Crippen LogP contribution < -0.4 is 5.32 Å². The summed E-state index contributed by atoms with van der Waals surface area (Å²) in [7, 11) is 0. The molecule has 0 atom stereocenters. The molecule has 1 N–H and O–H groups in total. The molecule has 4 nitrogen and oxygen atoms in total. The number of halogens is 3. The topological polar surface area (TPSA) is 54.9 Å². The number of carbonyl (C=O) groups is 1. The number of allylic oxidation sites excluding steroid dienone is 1. The molecule has 0 aliphatic rings. The molecule has 0 fully saturated rings. The van der Waals surface area contributed by atoms with Gasteiger partial charge in [-0.2, -0.15) is 13.2 Å². The van der Waals surface area contributed by atoms with Crippen LogP contribution in [-0.2, 0) is 4.79 Å². The highest BCUT2D eigenvalue weighted by atomic mass is 32.1. The number of anilines is 1. The van der Waals surface area contributed by atoms with Gasteiger partial charge < -0.3 is 0 Å². The van der Waals surface area contributed by atoms with Gasteiger partial charge in [-0.05, 0) is 5.56 Å². The fourth-order valence-electron chi connectivity index (χ4n) is 2.19. The molecule has 0 unspecified atom stereocenters. The first kappa shape index (κ1) is 17.8. The molecule has 1 amide bonds. The van der Waals surface area contributed by atoms with Crippen LogP contribution in [0.3, 0.4) is 0 Å². The normalized spacial score (nSPS) is 12.0. The van der Waals surface area contributed by atoms with E-state index < -0.39 is 17.7 Å². The second kappa shape index (κ2) is 7.49. The smallest absolute Gasteiger partial charge is 0.297 e. The Balaban J connectivity index is 1.81. The first-order chi connectivity index (χ1) is 12.4. The molecule has 0 saturated carbocycles. The van der Waals surface area contributed by atoms with Gasteiger partial charge in [0.15, 0.2) is 0 Å². The zero-order valence-corrected chi connectivity index (χ0v) is 14.0. The number of nitrogens with zero attached hydrogens (tertiary/aromatic N) is 2. The lowest BCUT2D eigenvalue weighted by Crippen LogP contribution is -2.16. The second-order valence-corrected chi connectivity index (χ2v) is 6.17. The van der Waals surface area contributed by atoms with Crippen LogP contribution in [0.1, 0.15) is 5.56 Å². The molecule has 1 aromatic heterocycles. The first-order valence-corrected chi connectivity index (χ1v) is 8.29. The van der Waals surface area contributed by atoms with E-state index in [1.165, 1.54) is 24.3 Å². The molecule has 3 rings (SSSR count). The Morgan fingerprint density at radius 3 is 2.19 bits per heavy atom. The average Bonchev–Trinajstić information content (AvgIpc) is 3.09. The van der Waals surface area contributed by atoms with Crippen molar-refractivity contribution in [3.05, 3.63) is 72.3 Å². The van der Waals surface area contributed by atoms with Gasteiger partial charge >= 0.3 is 6.18 Å². The van der Waals surface area contributed by atoms with E-state index in [0.29, 0.717) is 11.1 Å². The van der Waals surface area contributed by atoms with Crippen molar-refractivity contribution >= 4 is 27.9 Å². The summed E-state index contributed by atoms with van der Waals surface area (Å²) in [6.45, 7) is 0. The third-order valence-corrected chi connectivity index (χ3v) is 4.23. The van der Waals surface area contributed by atoms with Gasteiger partial charge in [0.1, 0.15) is 5.01 Å². The van der Waals surface area contributed by atoms with Crippen molar-refractivity contribution in [1.29, 1.82) is 0 Å². The van der Waals surface area contributed by atoms with Crippen LogP contribution in [-0.4, -0.2) is 22.3 Å². The second-order valence-electron chi connectivity index (χ2n) is 5.19. The maximum absolute atomic E-state index is 13.3. The van der Waals surface area contributed by atoms with Crippen molar-refractivity contribution in [3.63, 3.8) is 0 Å². The van der Waals surface area contributed by atoms with Crippen LogP contribution in [0.25, 0.3) is 16.1 Å². The summed E-state index contributed by atoms with van der Waals surface area (Å²) in [5.74, 6) is -0.920.